The van der Waals surface area contributed by atoms with Crippen LogP contribution in [0.3, 0.4) is 0 Å². The maximum Gasteiger partial charge on any atom is 0.224 e. The van der Waals surface area contributed by atoms with Gasteiger partial charge in [0.25, 0.3) is 0 Å². The first-order valence-corrected chi connectivity index (χ1v) is 8.57. The molecule has 2 N–H and O–H groups in total. The lowest BCUT2D eigenvalue weighted by Crippen LogP contribution is -2.33. The van der Waals surface area contributed by atoms with Crippen LogP contribution in [0.25, 0.3) is 0 Å². The van der Waals surface area contributed by atoms with Crippen LogP contribution in [0.1, 0.15) is 50.7 Å². The van der Waals surface area contributed by atoms with E-state index in [4.69, 9.17) is 0 Å². The van der Waals surface area contributed by atoms with Gasteiger partial charge in [-0.15, -0.1) is 0 Å². The Morgan fingerprint density at radius 2 is 2.18 bits per heavy atom. The molecule has 0 saturated heterocycles. The number of benzene rings is 1. The van der Waals surface area contributed by atoms with E-state index in [0.29, 0.717) is 12.5 Å². The molecule has 1 aromatic carbocycles. The predicted molar refractivity (Wildman–Crippen MR) is 87.6 cm³/mol. The first kappa shape index (κ1) is 15.5. The van der Waals surface area contributed by atoms with Crippen LogP contribution in [0.15, 0.2) is 24.3 Å². The molecule has 0 radical (unpaired) electrons. The quantitative estimate of drug-likeness (QED) is 0.878. The van der Waals surface area contributed by atoms with Crippen LogP contribution in [-0.4, -0.2) is 23.7 Å². The second-order valence-corrected chi connectivity index (χ2v) is 7.36. The van der Waals surface area contributed by atoms with Crippen molar-refractivity contribution in [2.45, 2.75) is 57.5 Å². The second kappa shape index (κ2) is 6.04. The zero-order valence-electron chi connectivity index (χ0n) is 13.6. The van der Waals surface area contributed by atoms with Gasteiger partial charge in [0.1, 0.15) is 0 Å². The Labute approximate surface area is 133 Å². The minimum atomic E-state index is -0.301. The Morgan fingerprint density at radius 1 is 1.41 bits per heavy atom. The summed E-state index contributed by atoms with van der Waals surface area (Å²) in [5.74, 6) is 0.666. The maximum absolute atomic E-state index is 12.5. The Balaban J connectivity index is 1.61. The topological polar surface area (TPSA) is 49.3 Å². The van der Waals surface area contributed by atoms with E-state index in [-0.39, 0.29) is 23.3 Å². The molecule has 4 atom stereocenters. The van der Waals surface area contributed by atoms with Gasteiger partial charge < -0.3 is 10.4 Å². The third-order valence-electron chi connectivity index (χ3n) is 5.38. The smallest absolute Gasteiger partial charge is 0.224 e. The van der Waals surface area contributed by atoms with Crippen LogP contribution in [0.4, 0.5) is 0 Å². The van der Waals surface area contributed by atoms with E-state index >= 15 is 0 Å². The molecule has 1 aromatic rings. The van der Waals surface area contributed by atoms with E-state index in [9.17, 15) is 9.90 Å². The van der Waals surface area contributed by atoms with Crippen molar-refractivity contribution in [3.8, 4) is 0 Å². The van der Waals surface area contributed by atoms with Crippen molar-refractivity contribution in [2.75, 3.05) is 6.54 Å². The fraction of sp³-hybridized carbons (Fsp3) is 0.632. The number of carbonyl (C=O) groups excluding carboxylic acids is 1. The molecule has 3 nitrogen and oxygen atoms in total. The molecule has 3 rings (SSSR count). The first-order chi connectivity index (χ1) is 10.5. The van der Waals surface area contributed by atoms with E-state index < -0.39 is 0 Å². The third kappa shape index (κ3) is 2.91. The summed E-state index contributed by atoms with van der Waals surface area (Å²) in [5, 5.41) is 12.5. The highest BCUT2D eigenvalue weighted by atomic mass is 16.3. The molecule has 4 unspecified atom stereocenters. The van der Waals surface area contributed by atoms with Gasteiger partial charge in [-0.3, -0.25) is 4.79 Å². The Kier molecular flexibility index (Phi) is 4.26. The summed E-state index contributed by atoms with van der Waals surface area (Å²) in [6.07, 6.45) is 4.92. The molecule has 120 valence electrons. The lowest BCUT2D eigenvalue weighted by atomic mass is 9.78. The monoisotopic (exact) mass is 301 g/mol. The fourth-order valence-corrected chi connectivity index (χ4v) is 4.24. The van der Waals surface area contributed by atoms with Crippen molar-refractivity contribution in [1.29, 1.82) is 0 Å². The molecule has 0 aliphatic heterocycles. The highest BCUT2D eigenvalue weighted by Gasteiger charge is 2.59. The summed E-state index contributed by atoms with van der Waals surface area (Å²) < 4.78 is 0. The molecule has 1 fully saturated rings. The van der Waals surface area contributed by atoms with Gasteiger partial charge in [0.15, 0.2) is 0 Å². The molecule has 0 aromatic heterocycles. The van der Waals surface area contributed by atoms with Gasteiger partial charge >= 0.3 is 0 Å². The number of aliphatic hydroxyl groups is 1. The van der Waals surface area contributed by atoms with Crippen LogP contribution in [0, 0.1) is 11.8 Å². The standard InChI is InChI=1S/C19H27NO2/c1-13(10-14(2)21)12-20-18(22)17-11-19(17)9-5-7-15-6-3-4-8-16(15)19/h3-4,6,8,13-14,17,21H,5,7,9-12H2,1-2H3,(H,20,22). The highest BCUT2D eigenvalue weighted by molar-refractivity contribution is 5.84. The Bertz CT molecular complexity index is 554. The minimum Gasteiger partial charge on any atom is -0.393 e. The highest BCUT2D eigenvalue weighted by Crippen LogP contribution is 2.60. The van der Waals surface area contributed by atoms with Gasteiger partial charge in [0.2, 0.25) is 5.91 Å². The van der Waals surface area contributed by atoms with E-state index in [2.05, 4.69) is 36.5 Å². The Hall–Kier alpha value is -1.35. The second-order valence-electron chi connectivity index (χ2n) is 7.36. The summed E-state index contributed by atoms with van der Waals surface area (Å²) in [6, 6.07) is 8.64. The number of aryl methyl sites for hydroxylation is 1. The van der Waals surface area contributed by atoms with Gasteiger partial charge in [-0.05, 0) is 56.1 Å². The van der Waals surface area contributed by atoms with Crippen LogP contribution < -0.4 is 5.32 Å². The number of fused-ring (bicyclic) bond motifs is 2. The lowest BCUT2D eigenvalue weighted by molar-refractivity contribution is -0.123. The number of amides is 1. The van der Waals surface area contributed by atoms with Gasteiger partial charge in [-0.2, -0.15) is 0 Å². The first-order valence-electron chi connectivity index (χ1n) is 8.57. The summed E-state index contributed by atoms with van der Waals surface area (Å²) in [5.41, 5.74) is 2.97. The molecule has 1 saturated carbocycles. The molecular formula is C19H27NO2. The van der Waals surface area contributed by atoms with Crippen molar-refractivity contribution >= 4 is 5.91 Å². The summed E-state index contributed by atoms with van der Waals surface area (Å²) >= 11 is 0. The van der Waals surface area contributed by atoms with Gasteiger partial charge in [-0.1, -0.05) is 31.2 Å². The number of aliphatic hydroxyl groups excluding tert-OH is 1. The third-order valence-corrected chi connectivity index (χ3v) is 5.38. The predicted octanol–water partition coefficient (Wildman–Crippen LogP) is 2.80. The molecule has 2 aliphatic carbocycles. The van der Waals surface area contributed by atoms with Crippen molar-refractivity contribution < 1.29 is 9.90 Å². The number of rotatable bonds is 5. The SMILES string of the molecule is CC(O)CC(C)CNC(=O)C1CC12CCCc1ccccc12. The molecule has 0 bridgehead atoms. The molecule has 22 heavy (non-hydrogen) atoms. The molecule has 1 amide bonds. The van der Waals surface area contributed by atoms with E-state index in [1.54, 1.807) is 6.92 Å². The van der Waals surface area contributed by atoms with Crippen LogP contribution in [0.5, 0.6) is 0 Å². The average molecular weight is 301 g/mol. The normalized spacial score (nSPS) is 28.8. The van der Waals surface area contributed by atoms with Crippen molar-refractivity contribution in [3.05, 3.63) is 35.4 Å². The molecular weight excluding hydrogens is 274 g/mol. The van der Waals surface area contributed by atoms with Gasteiger partial charge in [0.05, 0.1) is 6.10 Å². The van der Waals surface area contributed by atoms with Gasteiger partial charge in [-0.25, -0.2) is 0 Å². The largest absolute Gasteiger partial charge is 0.393 e. The summed E-state index contributed by atoms with van der Waals surface area (Å²) in [6.45, 7) is 4.54. The number of nitrogens with one attached hydrogen (secondary N) is 1. The van der Waals surface area contributed by atoms with Crippen molar-refractivity contribution in [3.63, 3.8) is 0 Å². The van der Waals surface area contributed by atoms with Crippen LogP contribution in [0.2, 0.25) is 0 Å². The minimum absolute atomic E-state index is 0.117. The molecule has 2 aliphatic rings. The zero-order chi connectivity index (χ0) is 15.7. The zero-order valence-corrected chi connectivity index (χ0v) is 13.6. The van der Waals surface area contributed by atoms with E-state index in [1.165, 1.54) is 17.5 Å². The van der Waals surface area contributed by atoms with Crippen LogP contribution >= 0.6 is 0 Å². The number of hydrogen-bond donors (Lipinski definition) is 2. The lowest BCUT2D eigenvalue weighted by Gasteiger charge is -2.26. The maximum atomic E-state index is 12.5. The molecule has 0 heterocycles. The number of carbonyl (C=O) groups is 1. The van der Waals surface area contributed by atoms with Crippen molar-refractivity contribution in [1.82, 2.24) is 5.32 Å². The summed E-state index contributed by atoms with van der Waals surface area (Å²) in [7, 11) is 0. The average Bonchev–Trinajstić information content (AvgIpc) is 3.20. The van der Waals surface area contributed by atoms with E-state index in [0.717, 1.165) is 25.7 Å². The number of hydrogen-bond acceptors (Lipinski definition) is 2. The molecule has 1 spiro atoms. The summed E-state index contributed by atoms with van der Waals surface area (Å²) in [4.78, 5) is 12.5. The Morgan fingerprint density at radius 3 is 2.95 bits per heavy atom. The van der Waals surface area contributed by atoms with Gasteiger partial charge in [0, 0.05) is 17.9 Å². The van der Waals surface area contributed by atoms with Crippen LogP contribution in [-0.2, 0) is 16.6 Å². The molecule has 3 heteroatoms. The fourth-order valence-electron chi connectivity index (χ4n) is 4.24. The van der Waals surface area contributed by atoms with Crippen molar-refractivity contribution in [2.24, 2.45) is 11.8 Å². The van der Waals surface area contributed by atoms with E-state index in [1.807, 2.05) is 0 Å².